The van der Waals surface area contributed by atoms with E-state index in [4.69, 9.17) is 0 Å². The lowest BCUT2D eigenvalue weighted by Gasteiger charge is -2.20. The van der Waals surface area contributed by atoms with Crippen LogP contribution < -0.4 is 0 Å². The third kappa shape index (κ3) is 2.69. The van der Waals surface area contributed by atoms with Crippen LogP contribution >= 0.6 is 0 Å². The number of hydrogen-bond acceptors (Lipinski definition) is 2. The molecule has 88 valence electrons. The molecule has 0 unspecified atom stereocenters. The van der Waals surface area contributed by atoms with E-state index in [-0.39, 0.29) is 11.5 Å². The van der Waals surface area contributed by atoms with Gasteiger partial charge in [-0.2, -0.15) is 0 Å². The Hall–Kier alpha value is -1.18. The van der Waals surface area contributed by atoms with E-state index < -0.39 is 0 Å². The Morgan fingerprint density at radius 1 is 0.875 bits per heavy atom. The van der Waals surface area contributed by atoms with E-state index in [9.17, 15) is 10.2 Å². The van der Waals surface area contributed by atoms with Crippen LogP contribution in [0.3, 0.4) is 0 Å². The molecular weight excluding hydrogens is 200 g/mol. The van der Waals surface area contributed by atoms with Gasteiger partial charge < -0.3 is 10.2 Å². The number of phenols is 2. The Labute approximate surface area is 96.9 Å². The lowest BCUT2D eigenvalue weighted by molar-refractivity contribution is 0.417. The van der Waals surface area contributed by atoms with Gasteiger partial charge in [0.05, 0.1) is 0 Å². The van der Waals surface area contributed by atoms with Gasteiger partial charge in [-0.15, -0.1) is 0 Å². The van der Waals surface area contributed by atoms with Gasteiger partial charge in [0.2, 0.25) is 0 Å². The predicted octanol–water partition coefficient (Wildman–Crippen LogP) is 3.93. The van der Waals surface area contributed by atoms with Crippen LogP contribution in [0.15, 0.2) is 18.2 Å². The van der Waals surface area contributed by atoms with Crippen LogP contribution in [0.1, 0.15) is 56.4 Å². The van der Waals surface area contributed by atoms with Crippen LogP contribution in [0.4, 0.5) is 0 Å². The summed E-state index contributed by atoms with van der Waals surface area (Å²) in [4.78, 5) is 0. The van der Waals surface area contributed by atoms with Crippen LogP contribution in [0.5, 0.6) is 11.5 Å². The van der Waals surface area contributed by atoms with E-state index in [0.717, 1.165) is 5.56 Å². The van der Waals surface area contributed by atoms with E-state index in [0.29, 0.717) is 5.92 Å². The minimum Gasteiger partial charge on any atom is -0.508 e. The number of rotatable bonds is 1. The van der Waals surface area contributed by atoms with Crippen LogP contribution in [0, 0.1) is 0 Å². The van der Waals surface area contributed by atoms with Crippen molar-refractivity contribution < 1.29 is 10.2 Å². The van der Waals surface area contributed by atoms with Gasteiger partial charge in [-0.25, -0.2) is 0 Å². The Morgan fingerprint density at radius 2 is 1.50 bits per heavy atom. The molecule has 0 amide bonds. The van der Waals surface area contributed by atoms with Crippen LogP contribution in [0.25, 0.3) is 0 Å². The number of phenolic OH excluding ortho intramolecular Hbond substituents is 2. The molecule has 0 bridgehead atoms. The Kier molecular flexibility index (Phi) is 3.70. The summed E-state index contributed by atoms with van der Waals surface area (Å²) >= 11 is 0. The second-order valence-electron chi connectivity index (χ2n) is 4.79. The molecule has 1 aliphatic rings. The van der Waals surface area contributed by atoms with Crippen molar-refractivity contribution in [2.75, 3.05) is 0 Å². The zero-order valence-corrected chi connectivity index (χ0v) is 9.65. The quantitative estimate of drug-likeness (QED) is 0.753. The highest BCUT2D eigenvalue weighted by Crippen LogP contribution is 2.36. The topological polar surface area (TPSA) is 40.5 Å². The standard InChI is InChI=1S/C14H20O2/c15-12-8-9-13(14(16)10-12)11-6-4-2-1-3-5-7-11/h8-11,15-16H,1-7H2. The molecule has 1 saturated carbocycles. The van der Waals surface area contributed by atoms with Crippen molar-refractivity contribution in [1.82, 2.24) is 0 Å². The molecule has 0 saturated heterocycles. The molecule has 0 aliphatic heterocycles. The van der Waals surface area contributed by atoms with Crippen molar-refractivity contribution in [3.8, 4) is 11.5 Å². The monoisotopic (exact) mass is 220 g/mol. The fourth-order valence-electron chi connectivity index (χ4n) is 2.64. The molecule has 2 rings (SSSR count). The zero-order valence-electron chi connectivity index (χ0n) is 9.65. The summed E-state index contributed by atoms with van der Waals surface area (Å²) < 4.78 is 0. The molecule has 2 nitrogen and oxygen atoms in total. The summed E-state index contributed by atoms with van der Waals surface area (Å²) in [7, 11) is 0. The maximum absolute atomic E-state index is 9.85. The molecule has 1 fully saturated rings. The number of benzene rings is 1. The summed E-state index contributed by atoms with van der Waals surface area (Å²) in [5.74, 6) is 0.874. The average molecular weight is 220 g/mol. The average Bonchev–Trinajstić information content (AvgIpc) is 2.19. The molecule has 16 heavy (non-hydrogen) atoms. The second-order valence-corrected chi connectivity index (χ2v) is 4.79. The highest BCUT2D eigenvalue weighted by molar-refractivity contribution is 5.41. The molecule has 1 aliphatic carbocycles. The Bertz CT molecular complexity index is 339. The van der Waals surface area contributed by atoms with Crippen LogP contribution in [-0.2, 0) is 0 Å². The van der Waals surface area contributed by atoms with Crippen molar-refractivity contribution in [3.63, 3.8) is 0 Å². The van der Waals surface area contributed by atoms with E-state index >= 15 is 0 Å². The van der Waals surface area contributed by atoms with E-state index in [1.54, 1.807) is 6.07 Å². The first-order valence-corrected chi connectivity index (χ1v) is 6.29. The smallest absolute Gasteiger partial charge is 0.122 e. The first-order valence-electron chi connectivity index (χ1n) is 6.29. The molecule has 0 atom stereocenters. The van der Waals surface area contributed by atoms with Gasteiger partial charge in [0.1, 0.15) is 11.5 Å². The maximum atomic E-state index is 9.85. The van der Waals surface area contributed by atoms with E-state index in [1.165, 1.54) is 51.0 Å². The van der Waals surface area contributed by atoms with Crippen LogP contribution in [-0.4, -0.2) is 10.2 Å². The van der Waals surface area contributed by atoms with Crippen molar-refractivity contribution in [3.05, 3.63) is 23.8 Å². The SMILES string of the molecule is Oc1ccc(C2CCCCCCC2)c(O)c1. The van der Waals surface area contributed by atoms with Crippen molar-refractivity contribution in [2.45, 2.75) is 50.9 Å². The molecule has 0 radical (unpaired) electrons. The fourth-order valence-corrected chi connectivity index (χ4v) is 2.64. The minimum atomic E-state index is 0.145. The summed E-state index contributed by atoms with van der Waals surface area (Å²) in [6, 6.07) is 5.00. The molecule has 0 spiro atoms. The van der Waals surface area contributed by atoms with Gasteiger partial charge in [0.25, 0.3) is 0 Å². The minimum absolute atomic E-state index is 0.145. The van der Waals surface area contributed by atoms with Gasteiger partial charge in [-0.3, -0.25) is 0 Å². The summed E-state index contributed by atoms with van der Waals surface area (Å²) in [5.41, 5.74) is 1.01. The fraction of sp³-hybridized carbons (Fsp3) is 0.571. The predicted molar refractivity (Wildman–Crippen MR) is 64.8 cm³/mol. The summed E-state index contributed by atoms with van der Waals surface area (Å²) in [6.45, 7) is 0. The molecular formula is C14H20O2. The lowest BCUT2D eigenvalue weighted by Crippen LogP contribution is -2.02. The second kappa shape index (κ2) is 5.24. The molecule has 1 aromatic rings. The highest BCUT2D eigenvalue weighted by Gasteiger charge is 2.16. The molecule has 0 aromatic heterocycles. The first-order chi connectivity index (χ1) is 7.77. The highest BCUT2D eigenvalue weighted by atomic mass is 16.3. The van der Waals surface area contributed by atoms with Gasteiger partial charge in [0.15, 0.2) is 0 Å². The summed E-state index contributed by atoms with van der Waals surface area (Å²) in [5, 5.41) is 19.1. The molecule has 0 heterocycles. The van der Waals surface area contributed by atoms with Crippen LogP contribution in [0.2, 0.25) is 0 Å². The molecule has 2 heteroatoms. The van der Waals surface area contributed by atoms with Crippen molar-refractivity contribution in [1.29, 1.82) is 0 Å². The normalized spacial score (nSPS) is 19.0. The lowest BCUT2D eigenvalue weighted by atomic mass is 9.85. The molecule has 1 aromatic carbocycles. The number of aromatic hydroxyl groups is 2. The van der Waals surface area contributed by atoms with Gasteiger partial charge in [-0.1, -0.05) is 38.2 Å². The van der Waals surface area contributed by atoms with Gasteiger partial charge in [0, 0.05) is 6.07 Å². The van der Waals surface area contributed by atoms with Gasteiger partial charge in [-0.05, 0) is 30.4 Å². The summed E-state index contributed by atoms with van der Waals surface area (Å²) in [6.07, 6.45) is 8.83. The maximum Gasteiger partial charge on any atom is 0.122 e. The largest absolute Gasteiger partial charge is 0.508 e. The first kappa shape index (κ1) is 11.3. The molecule has 2 N–H and O–H groups in total. The third-order valence-corrected chi connectivity index (χ3v) is 3.56. The number of hydrogen-bond donors (Lipinski definition) is 2. The van der Waals surface area contributed by atoms with Crippen molar-refractivity contribution in [2.24, 2.45) is 0 Å². The third-order valence-electron chi connectivity index (χ3n) is 3.56. The van der Waals surface area contributed by atoms with Gasteiger partial charge >= 0.3 is 0 Å². The Balaban J connectivity index is 2.14. The zero-order chi connectivity index (χ0) is 11.4. The van der Waals surface area contributed by atoms with E-state index in [1.807, 2.05) is 6.07 Å². The Morgan fingerprint density at radius 3 is 2.12 bits per heavy atom. The van der Waals surface area contributed by atoms with E-state index in [2.05, 4.69) is 0 Å². The van der Waals surface area contributed by atoms with Crippen molar-refractivity contribution >= 4 is 0 Å².